The summed E-state index contributed by atoms with van der Waals surface area (Å²) in [6.45, 7) is 0. The molecule has 343 valence electrons. The summed E-state index contributed by atoms with van der Waals surface area (Å²) in [5.41, 5.74) is 4.64. The first-order chi connectivity index (χ1) is 33.1. The summed E-state index contributed by atoms with van der Waals surface area (Å²) in [6.07, 6.45) is -0.301. The molecule has 0 aliphatic rings. The second-order valence-electron chi connectivity index (χ2n) is 15.0. The molecule has 0 aliphatic carbocycles. The summed E-state index contributed by atoms with van der Waals surface area (Å²) in [5, 5.41) is 0. The zero-order valence-electron chi connectivity index (χ0n) is 37.6. The van der Waals surface area contributed by atoms with Gasteiger partial charge >= 0.3 is 0 Å². The summed E-state index contributed by atoms with van der Waals surface area (Å²) in [5.74, 6) is -1.12. The van der Waals surface area contributed by atoms with Crippen molar-refractivity contribution in [2.75, 3.05) is 0 Å². The van der Waals surface area contributed by atoms with Crippen LogP contribution >= 0.6 is 0 Å². The molecule has 1 radical (unpaired) electrons. The van der Waals surface area contributed by atoms with Crippen molar-refractivity contribution in [1.29, 1.82) is 0 Å². The molecule has 8 aromatic carbocycles. The molecule has 0 saturated carbocycles. The number of ketones is 8. The first-order valence-corrected chi connectivity index (χ1v) is 21.7. The van der Waals surface area contributed by atoms with Gasteiger partial charge in [0.05, 0.1) is 25.7 Å². The summed E-state index contributed by atoms with van der Waals surface area (Å²) in [4.78, 5) is 94.5. The van der Waals surface area contributed by atoms with Gasteiger partial charge in [-0.05, 0) is 0 Å². The Hall–Kier alpha value is -7.30. The fourth-order valence-corrected chi connectivity index (χ4v) is 6.39. The molecule has 8 rings (SSSR count). The maximum atomic E-state index is 11.8. The first kappa shape index (κ1) is 54.3. The molecule has 0 aliphatic heterocycles. The summed E-state index contributed by atoms with van der Waals surface area (Å²) in [7, 11) is 0. The van der Waals surface area contributed by atoms with Crippen LogP contribution in [0.4, 0.5) is 0 Å². The molecule has 0 unspecified atom stereocenters. The van der Waals surface area contributed by atoms with E-state index in [2.05, 4.69) is 0 Å². The van der Waals surface area contributed by atoms with Gasteiger partial charge in [0.1, 0.15) is 0 Å². The fraction of sp³-hybridized carbons (Fsp3) is 0.0667. The van der Waals surface area contributed by atoms with E-state index in [4.69, 9.17) is 0 Å². The van der Waals surface area contributed by atoms with Crippen LogP contribution in [-0.4, -0.2) is 46.3 Å². The third-order valence-corrected chi connectivity index (χ3v) is 10.1. The van der Waals surface area contributed by atoms with E-state index in [1.54, 1.807) is 194 Å². The van der Waals surface area contributed by atoms with Gasteiger partial charge < -0.3 is 0 Å². The van der Waals surface area contributed by atoms with Crippen LogP contribution in [0.25, 0.3) is 0 Å². The van der Waals surface area contributed by atoms with Crippen LogP contribution in [0.15, 0.2) is 243 Å². The van der Waals surface area contributed by atoms with Gasteiger partial charge in [-0.1, -0.05) is 243 Å². The Kier molecular flexibility index (Phi) is 23.7. The number of benzene rings is 8. The van der Waals surface area contributed by atoms with E-state index in [1.165, 1.54) is 0 Å². The molecule has 8 aromatic rings. The quantitative estimate of drug-likeness (QED) is 0.0689. The fourth-order valence-electron chi connectivity index (χ4n) is 6.39. The predicted octanol–water partition coefficient (Wildman–Crippen LogP) is 12.6. The van der Waals surface area contributed by atoms with Crippen molar-refractivity contribution in [2.45, 2.75) is 25.7 Å². The minimum Gasteiger partial charge on any atom is -0.294 e. The summed E-state index contributed by atoms with van der Waals surface area (Å²) in [6, 6.07) is 71.0. The number of hydrogen-bond donors (Lipinski definition) is 0. The molecule has 0 heterocycles. The number of carbonyl (C=O) groups is 8. The minimum absolute atomic E-state index is 0. The van der Waals surface area contributed by atoms with Crippen molar-refractivity contribution in [2.24, 2.45) is 0 Å². The second-order valence-corrected chi connectivity index (χ2v) is 15.0. The summed E-state index contributed by atoms with van der Waals surface area (Å²) < 4.78 is 0. The Balaban J connectivity index is 0.000000199. The van der Waals surface area contributed by atoms with Crippen LogP contribution in [0, 0.1) is 49.4 Å². The molecule has 0 atom stereocenters. The SMILES string of the molecule is O=C(CC(=O)c1ccccc1)c1ccccc1.O=C(CC(=O)c1ccccc1)c1ccccc1.O=C(CC(=O)c1ccccc1)c1ccccc1.O=C(CC(=O)c1ccccc1)c1ccccc1.[Eu]. The molecule has 0 amide bonds. The van der Waals surface area contributed by atoms with E-state index < -0.39 is 0 Å². The maximum absolute atomic E-state index is 11.8. The van der Waals surface area contributed by atoms with E-state index in [1.807, 2.05) is 48.5 Å². The molecular weight excluding hydrogens is 1000 g/mol. The predicted molar refractivity (Wildman–Crippen MR) is 265 cm³/mol. The molecule has 9 heteroatoms. The monoisotopic (exact) mass is 1050 g/mol. The van der Waals surface area contributed by atoms with Crippen LogP contribution in [-0.2, 0) is 0 Å². The number of carbonyl (C=O) groups excluding carboxylic acids is 8. The first-order valence-electron chi connectivity index (χ1n) is 21.7. The van der Waals surface area contributed by atoms with Gasteiger partial charge in [0.25, 0.3) is 0 Å². The molecule has 0 bridgehead atoms. The Morgan fingerprint density at radius 1 is 0.174 bits per heavy atom. The number of Topliss-reactive ketones (excluding diaryl/α,β-unsaturated/α-hetero) is 8. The largest absolute Gasteiger partial charge is 0.294 e. The van der Waals surface area contributed by atoms with E-state index in [9.17, 15) is 38.4 Å². The Labute approximate surface area is 443 Å². The third-order valence-electron chi connectivity index (χ3n) is 10.1. The molecule has 8 nitrogen and oxygen atoms in total. The molecular formula is C60H48EuO8. The molecule has 0 N–H and O–H groups in total. The molecule has 69 heavy (non-hydrogen) atoms. The van der Waals surface area contributed by atoms with Gasteiger partial charge in [-0.3, -0.25) is 38.4 Å². The molecule has 0 saturated heterocycles. The van der Waals surface area contributed by atoms with Gasteiger partial charge in [0.2, 0.25) is 0 Å². The van der Waals surface area contributed by atoms with Crippen molar-refractivity contribution in [1.82, 2.24) is 0 Å². The van der Waals surface area contributed by atoms with Crippen molar-refractivity contribution in [3.05, 3.63) is 287 Å². The standard InChI is InChI=1S/4C15H12O2.Eu/c4*16-14(12-7-3-1-4-8-12)11-15(17)13-9-5-2-6-10-13;/h4*1-10H,11H2;. The third kappa shape index (κ3) is 19.1. The van der Waals surface area contributed by atoms with Gasteiger partial charge in [-0.25, -0.2) is 0 Å². The normalized spacial score (nSPS) is 9.74. The molecule has 0 fully saturated rings. The van der Waals surface area contributed by atoms with Crippen LogP contribution in [0.1, 0.15) is 109 Å². The average Bonchev–Trinajstić information content (AvgIpc) is 3.41. The van der Waals surface area contributed by atoms with Crippen molar-refractivity contribution < 1.29 is 87.7 Å². The Morgan fingerprint density at radius 3 is 0.348 bits per heavy atom. The van der Waals surface area contributed by atoms with Crippen LogP contribution < -0.4 is 0 Å². The van der Waals surface area contributed by atoms with Crippen molar-refractivity contribution in [3.8, 4) is 0 Å². The molecule has 0 spiro atoms. The van der Waals surface area contributed by atoms with E-state index in [-0.39, 0.29) is 121 Å². The smallest absolute Gasteiger partial charge is 0.170 e. The number of hydrogen-bond acceptors (Lipinski definition) is 8. The van der Waals surface area contributed by atoms with E-state index in [0.717, 1.165) is 0 Å². The average molecular weight is 1050 g/mol. The van der Waals surface area contributed by atoms with Gasteiger partial charge in [0.15, 0.2) is 46.3 Å². The van der Waals surface area contributed by atoms with Crippen LogP contribution in [0.3, 0.4) is 0 Å². The second kappa shape index (κ2) is 30.2. The van der Waals surface area contributed by atoms with Crippen LogP contribution in [0.5, 0.6) is 0 Å². The maximum Gasteiger partial charge on any atom is 0.170 e. The summed E-state index contributed by atoms with van der Waals surface area (Å²) >= 11 is 0. The van der Waals surface area contributed by atoms with Gasteiger partial charge in [-0.15, -0.1) is 0 Å². The van der Waals surface area contributed by atoms with Gasteiger partial charge in [0, 0.05) is 93.9 Å². The van der Waals surface area contributed by atoms with E-state index in [0.29, 0.717) is 44.5 Å². The number of rotatable bonds is 16. The molecule has 0 aromatic heterocycles. The van der Waals surface area contributed by atoms with E-state index >= 15 is 0 Å². The zero-order valence-corrected chi connectivity index (χ0v) is 40.0. The van der Waals surface area contributed by atoms with Gasteiger partial charge in [-0.2, -0.15) is 0 Å². The Morgan fingerprint density at radius 2 is 0.261 bits per heavy atom. The zero-order chi connectivity index (χ0) is 48.4. The minimum atomic E-state index is -0.139. The topological polar surface area (TPSA) is 137 Å². The van der Waals surface area contributed by atoms with Crippen molar-refractivity contribution in [3.63, 3.8) is 0 Å². The van der Waals surface area contributed by atoms with Crippen LogP contribution in [0.2, 0.25) is 0 Å². The Bertz CT molecular complexity index is 2270. The van der Waals surface area contributed by atoms with Crippen molar-refractivity contribution >= 4 is 46.3 Å².